The second-order valence-electron chi connectivity index (χ2n) is 6.73. The summed E-state index contributed by atoms with van der Waals surface area (Å²) < 4.78 is 11.6. The molecule has 7 heteroatoms. The second kappa shape index (κ2) is 9.57. The molecule has 128 valence electrons. The zero-order valence-corrected chi connectivity index (χ0v) is 15.5. The third kappa shape index (κ3) is 5.75. The molecule has 6 nitrogen and oxygen atoms in total. The summed E-state index contributed by atoms with van der Waals surface area (Å²) in [5.41, 5.74) is 0. The van der Waals surface area contributed by atoms with Crippen molar-refractivity contribution in [2.24, 2.45) is 0 Å². The van der Waals surface area contributed by atoms with Crippen molar-refractivity contribution in [1.82, 2.24) is 28.7 Å². The average Bonchev–Trinajstić information content (AvgIpc) is 2.57. The van der Waals surface area contributed by atoms with Gasteiger partial charge >= 0.3 is 140 Å². The average molecular weight is 372 g/mol. The van der Waals surface area contributed by atoms with Gasteiger partial charge in [-0.3, -0.25) is 0 Å². The van der Waals surface area contributed by atoms with E-state index >= 15 is 0 Å². The van der Waals surface area contributed by atoms with Crippen LogP contribution in [-0.4, -0.2) is 53.5 Å². The zero-order chi connectivity index (χ0) is 15.0. The van der Waals surface area contributed by atoms with Gasteiger partial charge < -0.3 is 0 Å². The standard InChI is InChI=1S/C15H33AsN6/c1-4-10-17-13(7-1)20-16(21-14-8-2-5-11-18-14)22-15-9-3-6-12-19-15/h13-15,17-22H,1-12H2. The van der Waals surface area contributed by atoms with Crippen molar-refractivity contribution in [1.29, 1.82) is 0 Å². The van der Waals surface area contributed by atoms with Crippen molar-refractivity contribution in [2.75, 3.05) is 19.6 Å². The summed E-state index contributed by atoms with van der Waals surface area (Å²) in [5.74, 6) is 0. The summed E-state index contributed by atoms with van der Waals surface area (Å²) in [5, 5.41) is 10.9. The molecule has 3 aliphatic rings. The van der Waals surface area contributed by atoms with E-state index in [0.29, 0.717) is 18.5 Å². The molecule has 3 atom stereocenters. The Kier molecular flexibility index (Phi) is 7.46. The molecule has 0 radical (unpaired) electrons. The number of nitrogens with one attached hydrogen (secondary N) is 6. The van der Waals surface area contributed by atoms with Gasteiger partial charge in [-0.2, -0.15) is 0 Å². The van der Waals surface area contributed by atoms with E-state index in [2.05, 4.69) is 28.7 Å². The van der Waals surface area contributed by atoms with Crippen LogP contribution in [-0.2, 0) is 0 Å². The number of hydrogen-bond donors (Lipinski definition) is 6. The van der Waals surface area contributed by atoms with Gasteiger partial charge in [0.1, 0.15) is 0 Å². The van der Waals surface area contributed by atoms with Crippen LogP contribution in [0.4, 0.5) is 0 Å². The van der Waals surface area contributed by atoms with Gasteiger partial charge in [0, 0.05) is 0 Å². The van der Waals surface area contributed by atoms with Gasteiger partial charge in [-0.25, -0.2) is 0 Å². The first-order valence-corrected chi connectivity index (χ1v) is 12.0. The topological polar surface area (TPSA) is 72.2 Å². The molecule has 3 heterocycles. The molecule has 3 rings (SSSR count). The van der Waals surface area contributed by atoms with Gasteiger partial charge in [0.15, 0.2) is 0 Å². The van der Waals surface area contributed by atoms with Crippen LogP contribution in [0.1, 0.15) is 57.8 Å². The van der Waals surface area contributed by atoms with E-state index in [9.17, 15) is 0 Å². The van der Waals surface area contributed by atoms with Crippen LogP contribution >= 0.6 is 0 Å². The molecule has 0 spiro atoms. The minimum atomic E-state index is -1.47. The molecule has 0 aromatic rings. The van der Waals surface area contributed by atoms with E-state index in [0.717, 1.165) is 19.6 Å². The summed E-state index contributed by atoms with van der Waals surface area (Å²) >= 11 is -1.47. The molecule has 6 N–H and O–H groups in total. The van der Waals surface area contributed by atoms with Crippen LogP contribution in [0.2, 0.25) is 0 Å². The summed E-state index contributed by atoms with van der Waals surface area (Å²) in [6.45, 7) is 3.47. The monoisotopic (exact) mass is 372 g/mol. The van der Waals surface area contributed by atoms with E-state index in [1.54, 1.807) is 0 Å². The van der Waals surface area contributed by atoms with Crippen LogP contribution in [0.3, 0.4) is 0 Å². The quantitative estimate of drug-likeness (QED) is 0.370. The Balaban J connectivity index is 1.50. The maximum atomic E-state index is 3.88. The maximum absolute atomic E-state index is 3.88. The first kappa shape index (κ1) is 17.2. The molecule has 0 aromatic carbocycles. The molecule has 3 saturated heterocycles. The molecule has 0 saturated carbocycles. The Labute approximate surface area is 140 Å². The first-order chi connectivity index (χ1) is 10.9. The van der Waals surface area contributed by atoms with Gasteiger partial charge in [-0.15, -0.1) is 0 Å². The molecule has 0 bridgehead atoms. The molecule has 0 amide bonds. The van der Waals surface area contributed by atoms with Crippen LogP contribution in [0, 0.1) is 0 Å². The molecular weight excluding hydrogens is 339 g/mol. The van der Waals surface area contributed by atoms with E-state index < -0.39 is 15.3 Å². The third-order valence-electron chi connectivity index (χ3n) is 4.79. The SMILES string of the molecule is C1CCC(N[As](NC2CCCCN2)NC2CCCCN2)NC1. The van der Waals surface area contributed by atoms with Crippen molar-refractivity contribution in [3.8, 4) is 0 Å². The Morgan fingerprint density at radius 3 is 1.18 bits per heavy atom. The van der Waals surface area contributed by atoms with E-state index in [-0.39, 0.29) is 0 Å². The van der Waals surface area contributed by atoms with Gasteiger partial charge in [0.05, 0.1) is 0 Å². The summed E-state index contributed by atoms with van der Waals surface area (Å²) in [6, 6.07) is 0. The van der Waals surface area contributed by atoms with Gasteiger partial charge in [-0.1, -0.05) is 0 Å². The Morgan fingerprint density at radius 1 is 0.545 bits per heavy atom. The predicted octanol–water partition coefficient (Wildman–Crippen LogP) is 0.0389. The molecule has 0 aromatic heterocycles. The molecular formula is C15H33AsN6. The molecule has 0 aliphatic carbocycles. The van der Waals surface area contributed by atoms with Crippen molar-refractivity contribution in [3.63, 3.8) is 0 Å². The van der Waals surface area contributed by atoms with Crippen LogP contribution in [0.15, 0.2) is 0 Å². The van der Waals surface area contributed by atoms with E-state index in [4.69, 9.17) is 0 Å². The predicted molar refractivity (Wildman–Crippen MR) is 92.1 cm³/mol. The van der Waals surface area contributed by atoms with Crippen LogP contribution in [0.25, 0.3) is 0 Å². The molecule has 22 heavy (non-hydrogen) atoms. The number of rotatable bonds is 6. The van der Waals surface area contributed by atoms with Gasteiger partial charge in [-0.05, 0) is 0 Å². The fourth-order valence-electron chi connectivity index (χ4n) is 3.47. The molecule has 3 unspecified atom stereocenters. The summed E-state index contributed by atoms with van der Waals surface area (Å²) in [6.07, 6.45) is 13.2. The first-order valence-electron chi connectivity index (χ1n) is 9.19. The normalized spacial score (nSPS) is 35.2. The van der Waals surface area contributed by atoms with Crippen LogP contribution in [0.5, 0.6) is 0 Å². The second-order valence-corrected chi connectivity index (χ2v) is 9.76. The zero-order valence-electron chi connectivity index (χ0n) is 13.7. The van der Waals surface area contributed by atoms with E-state index in [1.165, 1.54) is 57.8 Å². The third-order valence-corrected chi connectivity index (χ3v) is 8.37. The van der Waals surface area contributed by atoms with Crippen molar-refractivity contribution in [3.05, 3.63) is 0 Å². The van der Waals surface area contributed by atoms with E-state index in [1.807, 2.05) is 0 Å². The Hall–Kier alpha value is 0.318. The van der Waals surface area contributed by atoms with Crippen molar-refractivity contribution >= 4 is 15.3 Å². The fraction of sp³-hybridized carbons (Fsp3) is 1.00. The van der Waals surface area contributed by atoms with Crippen molar-refractivity contribution < 1.29 is 0 Å². The number of hydrogen-bond acceptors (Lipinski definition) is 6. The van der Waals surface area contributed by atoms with Gasteiger partial charge in [0.2, 0.25) is 0 Å². The summed E-state index contributed by atoms with van der Waals surface area (Å²) in [4.78, 5) is 0. The fourth-order valence-corrected chi connectivity index (χ4v) is 7.28. The molecule has 3 aliphatic heterocycles. The van der Waals surface area contributed by atoms with Crippen LogP contribution < -0.4 is 28.7 Å². The Morgan fingerprint density at radius 2 is 0.909 bits per heavy atom. The minimum absolute atomic E-state index is 0.487. The summed E-state index contributed by atoms with van der Waals surface area (Å²) in [7, 11) is 0. The number of piperidine rings is 3. The Bertz CT molecular complexity index is 253. The molecule has 3 fully saturated rings. The van der Waals surface area contributed by atoms with Crippen molar-refractivity contribution in [2.45, 2.75) is 76.3 Å². The van der Waals surface area contributed by atoms with Gasteiger partial charge in [0.25, 0.3) is 0 Å².